The predicted molar refractivity (Wildman–Crippen MR) is 73.4 cm³/mol. The van der Waals surface area contributed by atoms with Gasteiger partial charge in [-0.2, -0.15) is 0 Å². The molecular weight excluding hydrogens is 296 g/mol. The Bertz CT molecular complexity index is 440. The zero-order valence-electron chi connectivity index (χ0n) is 10.8. The molecule has 0 bridgehead atoms. The van der Waals surface area contributed by atoms with Crippen LogP contribution in [-0.4, -0.2) is 18.4 Å². The van der Waals surface area contributed by atoms with Crippen LogP contribution in [0.2, 0.25) is 0 Å². The predicted octanol–water partition coefficient (Wildman–Crippen LogP) is 3.47. The number of esters is 1. The number of ether oxygens (including phenoxy) is 1. The molecule has 0 saturated carbocycles. The molecule has 0 heterocycles. The van der Waals surface area contributed by atoms with E-state index in [0.717, 1.165) is 0 Å². The summed E-state index contributed by atoms with van der Waals surface area (Å²) in [5.41, 5.74) is 0.518. The number of Topliss-reactive ketones (excluding diaryl/α,β-unsaturated/α-hetero) is 1. The van der Waals surface area contributed by atoms with E-state index in [1.807, 2.05) is 19.9 Å². The van der Waals surface area contributed by atoms with Crippen LogP contribution in [0, 0.1) is 11.8 Å². The third kappa shape index (κ3) is 3.42. The fourth-order valence-corrected chi connectivity index (χ4v) is 2.22. The minimum atomic E-state index is -0.747. The van der Waals surface area contributed by atoms with Gasteiger partial charge in [0.2, 0.25) is 0 Å². The van der Waals surface area contributed by atoms with Crippen molar-refractivity contribution in [1.82, 2.24) is 0 Å². The van der Waals surface area contributed by atoms with Crippen LogP contribution in [0.1, 0.15) is 31.1 Å². The fourth-order valence-electron chi connectivity index (χ4n) is 1.74. The average molecular weight is 313 g/mol. The summed E-state index contributed by atoms with van der Waals surface area (Å²) in [6, 6.07) is 7.10. The first-order valence-electron chi connectivity index (χ1n) is 5.94. The van der Waals surface area contributed by atoms with Crippen LogP contribution >= 0.6 is 15.9 Å². The van der Waals surface area contributed by atoms with Gasteiger partial charge in [-0.15, -0.1) is 0 Å². The average Bonchev–Trinajstić information content (AvgIpc) is 2.29. The smallest absolute Gasteiger partial charge is 0.317 e. The third-order valence-corrected chi connectivity index (χ3v) is 3.32. The molecule has 0 aliphatic rings. The molecule has 1 rings (SSSR count). The Morgan fingerprint density at radius 3 is 2.39 bits per heavy atom. The molecular formula is C14H17BrO3. The van der Waals surface area contributed by atoms with Gasteiger partial charge in [-0.3, -0.25) is 9.59 Å². The summed E-state index contributed by atoms with van der Waals surface area (Å²) >= 11 is 3.33. The van der Waals surface area contributed by atoms with Crippen molar-refractivity contribution in [1.29, 1.82) is 0 Å². The van der Waals surface area contributed by atoms with Gasteiger partial charge in [0.15, 0.2) is 5.78 Å². The first kappa shape index (κ1) is 14.9. The molecule has 0 fully saturated rings. The van der Waals surface area contributed by atoms with Crippen LogP contribution in [0.25, 0.3) is 0 Å². The molecule has 18 heavy (non-hydrogen) atoms. The standard InChI is InChI=1S/C14H17BrO3/c1-4-18-14(17)12(9(2)3)13(16)10-7-5-6-8-11(10)15/h5-9,12H,4H2,1-3H3. The minimum absolute atomic E-state index is 0.0938. The lowest BCUT2D eigenvalue weighted by Crippen LogP contribution is -2.31. The second-order valence-corrected chi connectivity index (χ2v) is 5.17. The highest BCUT2D eigenvalue weighted by Gasteiger charge is 2.32. The zero-order valence-corrected chi connectivity index (χ0v) is 12.4. The second kappa shape index (κ2) is 6.69. The number of rotatable bonds is 5. The first-order chi connectivity index (χ1) is 8.49. The topological polar surface area (TPSA) is 43.4 Å². The third-order valence-electron chi connectivity index (χ3n) is 2.63. The molecule has 0 spiro atoms. The summed E-state index contributed by atoms with van der Waals surface area (Å²) in [7, 11) is 0. The molecule has 0 aliphatic heterocycles. The van der Waals surface area contributed by atoms with Crippen LogP contribution in [0.3, 0.4) is 0 Å². The quantitative estimate of drug-likeness (QED) is 0.475. The molecule has 0 aliphatic carbocycles. The lowest BCUT2D eigenvalue weighted by Gasteiger charge is -2.18. The number of carbonyl (C=O) groups is 2. The Balaban J connectivity index is 3.04. The van der Waals surface area contributed by atoms with Crippen molar-refractivity contribution in [3.05, 3.63) is 34.3 Å². The van der Waals surface area contributed by atoms with Gasteiger partial charge in [-0.25, -0.2) is 0 Å². The van der Waals surface area contributed by atoms with E-state index in [-0.39, 0.29) is 18.3 Å². The Kier molecular flexibility index (Phi) is 5.54. The van der Waals surface area contributed by atoms with Crippen molar-refractivity contribution in [3.8, 4) is 0 Å². The molecule has 0 saturated heterocycles. The van der Waals surface area contributed by atoms with Crippen molar-refractivity contribution in [2.45, 2.75) is 20.8 Å². The Labute approximate surface area is 116 Å². The Hall–Kier alpha value is -1.16. The van der Waals surface area contributed by atoms with Crippen molar-refractivity contribution in [3.63, 3.8) is 0 Å². The lowest BCUT2D eigenvalue weighted by atomic mass is 9.88. The van der Waals surface area contributed by atoms with Crippen LogP contribution < -0.4 is 0 Å². The molecule has 0 aromatic heterocycles. The van der Waals surface area contributed by atoms with E-state index in [2.05, 4.69) is 15.9 Å². The van der Waals surface area contributed by atoms with E-state index >= 15 is 0 Å². The van der Waals surface area contributed by atoms with E-state index < -0.39 is 11.9 Å². The van der Waals surface area contributed by atoms with Crippen molar-refractivity contribution in [2.75, 3.05) is 6.61 Å². The van der Waals surface area contributed by atoms with Crippen molar-refractivity contribution >= 4 is 27.7 Å². The lowest BCUT2D eigenvalue weighted by molar-refractivity contribution is -0.147. The second-order valence-electron chi connectivity index (χ2n) is 4.32. The molecule has 0 radical (unpaired) electrons. The molecule has 1 unspecified atom stereocenters. The van der Waals surface area contributed by atoms with Crippen LogP contribution in [0.4, 0.5) is 0 Å². The van der Waals surface area contributed by atoms with Crippen LogP contribution in [-0.2, 0) is 9.53 Å². The first-order valence-corrected chi connectivity index (χ1v) is 6.73. The summed E-state index contributed by atoms with van der Waals surface area (Å²) in [6.45, 7) is 5.70. The van der Waals surface area contributed by atoms with Crippen molar-refractivity contribution in [2.24, 2.45) is 11.8 Å². The van der Waals surface area contributed by atoms with E-state index in [4.69, 9.17) is 4.74 Å². The molecule has 0 amide bonds. The Morgan fingerprint density at radius 2 is 1.89 bits per heavy atom. The SMILES string of the molecule is CCOC(=O)C(C(=O)c1ccccc1Br)C(C)C. The van der Waals surface area contributed by atoms with Gasteiger partial charge < -0.3 is 4.74 Å². The molecule has 3 nitrogen and oxygen atoms in total. The number of carbonyl (C=O) groups excluding carboxylic acids is 2. The molecule has 98 valence electrons. The van der Waals surface area contributed by atoms with E-state index in [1.165, 1.54) is 0 Å². The summed E-state index contributed by atoms with van der Waals surface area (Å²) < 4.78 is 5.67. The zero-order chi connectivity index (χ0) is 13.7. The summed E-state index contributed by atoms with van der Waals surface area (Å²) in [5.74, 6) is -1.49. The normalized spacial score (nSPS) is 12.3. The number of ketones is 1. The largest absolute Gasteiger partial charge is 0.465 e. The minimum Gasteiger partial charge on any atom is -0.465 e. The highest BCUT2D eigenvalue weighted by atomic mass is 79.9. The van der Waals surface area contributed by atoms with Gasteiger partial charge in [0.1, 0.15) is 5.92 Å². The number of halogens is 1. The van der Waals surface area contributed by atoms with E-state index in [1.54, 1.807) is 25.1 Å². The van der Waals surface area contributed by atoms with Gasteiger partial charge in [0.25, 0.3) is 0 Å². The number of hydrogen-bond donors (Lipinski definition) is 0. The fraction of sp³-hybridized carbons (Fsp3) is 0.429. The number of hydrogen-bond acceptors (Lipinski definition) is 3. The highest BCUT2D eigenvalue weighted by molar-refractivity contribution is 9.10. The Morgan fingerprint density at radius 1 is 1.28 bits per heavy atom. The highest BCUT2D eigenvalue weighted by Crippen LogP contribution is 2.24. The summed E-state index contributed by atoms with van der Waals surface area (Å²) in [5, 5.41) is 0. The molecule has 1 aromatic rings. The van der Waals surface area contributed by atoms with E-state index in [0.29, 0.717) is 10.0 Å². The molecule has 0 N–H and O–H groups in total. The monoisotopic (exact) mass is 312 g/mol. The summed E-state index contributed by atoms with van der Waals surface area (Å²) in [6.07, 6.45) is 0. The van der Waals surface area contributed by atoms with Gasteiger partial charge in [-0.05, 0) is 18.9 Å². The maximum absolute atomic E-state index is 12.4. The molecule has 1 aromatic carbocycles. The molecule has 4 heteroatoms. The molecule has 1 atom stereocenters. The van der Waals surface area contributed by atoms with E-state index in [9.17, 15) is 9.59 Å². The van der Waals surface area contributed by atoms with Crippen LogP contribution in [0.5, 0.6) is 0 Å². The van der Waals surface area contributed by atoms with Crippen LogP contribution in [0.15, 0.2) is 28.7 Å². The van der Waals surface area contributed by atoms with Gasteiger partial charge >= 0.3 is 5.97 Å². The van der Waals surface area contributed by atoms with Crippen molar-refractivity contribution < 1.29 is 14.3 Å². The van der Waals surface area contributed by atoms with Gasteiger partial charge in [0, 0.05) is 10.0 Å². The van der Waals surface area contributed by atoms with Gasteiger partial charge in [-0.1, -0.05) is 48.0 Å². The van der Waals surface area contributed by atoms with Gasteiger partial charge in [0.05, 0.1) is 6.61 Å². The maximum Gasteiger partial charge on any atom is 0.317 e. The maximum atomic E-state index is 12.4. The summed E-state index contributed by atoms with van der Waals surface area (Å²) in [4.78, 5) is 24.2. The number of benzene rings is 1.